The van der Waals surface area contributed by atoms with Crippen molar-refractivity contribution in [3.8, 4) is 5.75 Å². The second-order valence-corrected chi connectivity index (χ2v) is 5.77. The lowest BCUT2D eigenvalue weighted by atomic mass is 9.92. The fourth-order valence-corrected chi connectivity index (χ4v) is 2.58. The molecule has 0 radical (unpaired) electrons. The number of rotatable bonds is 4. The third kappa shape index (κ3) is 3.78. The zero-order valence-electron chi connectivity index (χ0n) is 11.1. The van der Waals surface area contributed by atoms with Crippen molar-refractivity contribution in [1.82, 2.24) is 0 Å². The molecule has 5 heteroatoms. The van der Waals surface area contributed by atoms with E-state index < -0.39 is 18.2 Å². The normalized spacial score (nSPS) is 21.7. The van der Waals surface area contributed by atoms with Crippen molar-refractivity contribution in [2.45, 2.75) is 45.8 Å². The van der Waals surface area contributed by atoms with Crippen molar-refractivity contribution in [2.24, 2.45) is 5.41 Å². The van der Waals surface area contributed by atoms with E-state index in [0.717, 1.165) is 19.3 Å². The SMILES string of the molecule is CC1(C)CCC(Nc2ccc(OC(F)F)c(F)c2)C1. The van der Waals surface area contributed by atoms with Crippen molar-refractivity contribution < 1.29 is 17.9 Å². The number of alkyl halides is 2. The zero-order valence-corrected chi connectivity index (χ0v) is 11.1. The number of nitrogens with one attached hydrogen (secondary N) is 1. The maximum atomic E-state index is 13.5. The van der Waals surface area contributed by atoms with Gasteiger partial charge in [0.2, 0.25) is 0 Å². The molecule has 0 heterocycles. The van der Waals surface area contributed by atoms with Crippen LogP contribution in [0.4, 0.5) is 18.9 Å². The van der Waals surface area contributed by atoms with Crippen LogP contribution in [0.5, 0.6) is 5.75 Å². The summed E-state index contributed by atoms with van der Waals surface area (Å²) in [6.45, 7) is 1.40. The molecule has 1 atom stereocenters. The fraction of sp³-hybridized carbons (Fsp3) is 0.571. The molecule has 106 valence electrons. The maximum Gasteiger partial charge on any atom is 0.387 e. The second-order valence-electron chi connectivity index (χ2n) is 5.77. The first-order valence-electron chi connectivity index (χ1n) is 6.37. The van der Waals surface area contributed by atoms with Crippen LogP contribution < -0.4 is 10.1 Å². The first-order valence-corrected chi connectivity index (χ1v) is 6.37. The Morgan fingerprint density at radius 1 is 1.37 bits per heavy atom. The van der Waals surface area contributed by atoms with E-state index in [4.69, 9.17) is 0 Å². The Balaban J connectivity index is 2.00. The van der Waals surface area contributed by atoms with Gasteiger partial charge in [0.25, 0.3) is 0 Å². The summed E-state index contributed by atoms with van der Waals surface area (Å²) in [5, 5.41) is 3.23. The van der Waals surface area contributed by atoms with E-state index in [1.807, 2.05) is 0 Å². The number of hydrogen-bond donors (Lipinski definition) is 1. The minimum Gasteiger partial charge on any atom is -0.432 e. The number of ether oxygens (including phenoxy) is 1. The lowest BCUT2D eigenvalue weighted by Crippen LogP contribution is -2.17. The van der Waals surface area contributed by atoms with E-state index in [1.165, 1.54) is 12.1 Å². The molecule has 0 aliphatic heterocycles. The summed E-state index contributed by atoms with van der Waals surface area (Å²) in [5.74, 6) is -1.20. The van der Waals surface area contributed by atoms with E-state index in [9.17, 15) is 13.2 Å². The molecule has 1 aromatic carbocycles. The van der Waals surface area contributed by atoms with Gasteiger partial charge in [-0.1, -0.05) is 13.8 Å². The summed E-state index contributed by atoms with van der Waals surface area (Å²) >= 11 is 0. The van der Waals surface area contributed by atoms with Gasteiger partial charge in [-0.15, -0.1) is 0 Å². The van der Waals surface area contributed by atoms with E-state index in [-0.39, 0.29) is 0 Å². The molecular formula is C14H18F3NO. The lowest BCUT2D eigenvalue weighted by molar-refractivity contribution is -0.0521. The quantitative estimate of drug-likeness (QED) is 0.877. The first-order chi connectivity index (χ1) is 8.85. The van der Waals surface area contributed by atoms with E-state index in [2.05, 4.69) is 23.9 Å². The van der Waals surface area contributed by atoms with Gasteiger partial charge in [-0.05, 0) is 36.8 Å². The Kier molecular flexibility index (Phi) is 3.92. The highest BCUT2D eigenvalue weighted by Gasteiger charge is 2.30. The maximum absolute atomic E-state index is 13.5. The van der Waals surface area contributed by atoms with Crippen molar-refractivity contribution >= 4 is 5.69 Å². The van der Waals surface area contributed by atoms with Crippen LogP contribution in [0.1, 0.15) is 33.1 Å². The molecule has 0 amide bonds. The van der Waals surface area contributed by atoms with Crippen molar-refractivity contribution in [3.63, 3.8) is 0 Å². The van der Waals surface area contributed by atoms with Crippen LogP contribution in [0, 0.1) is 11.2 Å². The van der Waals surface area contributed by atoms with E-state index in [0.29, 0.717) is 17.1 Å². The highest BCUT2D eigenvalue weighted by molar-refractivity contribution is 5.48. The molecule has 1 N–H and O–H groups in total. The van der Waals surface area contributed by atoms with Gasteiger partial charge in [0.1, 0.15) is 0 Å². The molecule has 0 bridgehead atoms. The summed E-state index contributed by atoms with van der Waals surface area (Å²) < 4.78 is 41.6. The molecule has 19 heavy (non-hydrogen) atoms. The Bertz CT molecular complexity index is 448. The summed E-state index contributed by atoms with van der Waals surface area (Å²) in [7, 11) is 0. The van der Waals surface area contributed by atoms with Crippen LogP contribution in [-0.4, -0.2) is 12.7 Å². The smallest absolute Gasteiger partial charge is 0.387 e. The number of halogens is 3. The molecule has 1 aliphatic rings. The van der Waals surface area contributed by atoms with Crippen LogP contribution >= 0.6 is 0 Å². The molecule has 2 nitrogen and oxygen atoms in total. The van der Waals surface area contributed by atoms with Crippen molar-refractivity contribution in [2.75, 3.05) is 5.32 Å². The Morgan fingerprint density at radius 2 is 2.11 bits per heavy atom. The summed E-state index contributed by atoms with van der Waals surface area (Å²) in [6, 6.07) is 4.29. The number of anilines is 1. The first kappa shape index (κ1) is 14.0. The molecule has 1 fully saturated rings. The summed E-state index contributed by atoms with van der Waals surface area (Å²) in [4.78, 5) is 0. The Morgan fingerprint density at radius 3 is 2.63 bits per heavy atom. The molecule has 0 aromatic heterocycles. The standard InChI is InChI=1S/C14H18F3NO/c1-14(2)6-5-10(8-14)18-9-3-4-12(11(15)7-9)19-13(16)17/h3-4,7,10,13,18H,5-6,8H2,1-2H3. The van der Waals surface area contributed by atoms with Crippen molar-refractivity contribution in [3.05, 3.63) is 24.0 Å². The predicted molar refractivity (Wildman–Crippen MR) is 68.1 cm³/mol. The molecule has 1 aliphatic carbocycles. The number of benzene rings is 1. The monoisotopic (exact) mass is 273 g/mol. The lowest BCUT2D eigenvalue weighted by Gasteiger charge is -2.19. The van der Waals surface area contributed by atoms with Gasteiger partial charge in [-0.3, -0.25) is 0 Å². The Labute approximate surface area is 111 Å². The molecule has 1 saturated carbocycles. The minimum atomic E-state index is -3.01. The highest BCUT2D eigenvalue weighted by atomic mass is 19.3. The van der Waals surface area contributed by atoms with Crippen LogP contribution in [0.15, 0.2) is 18.2 Å². The molecule has 2 rings (SSSR count). The zero-order chi connectivity index (χ0) is 14.0. The largest absolute Gasteiger partial charge is 0.432 e. The molecular weight excluding hydrogens is 255 g/mol. The second kappa shape index (κ2) is 5.31. The minimum absolute atomic E-state index is 0.301. The predicted octanol–water partition coefficient (Wildman–Crippen LogP) is 4.42. The van der Waals surface area contributed by atoms with Gasteiger partial charge < -0.3 is 10.1 Å². The molecule has 1 unspecified atom stereocenters. The number of hydrogen-bond acceptors (Lipinski definition) is 2. The average molecular weight is 273 g/mol. The van der Waals surface area contributed by atoms with Gasteiger partial charge in [-0.25, -0.2) is 4.39 Å². The summed E-state index contributed by atoms with van der Waals surface area (Å²) in [5.41, 5.74) is 0.899. The van der Waals surface area contributed by atoms with Crippen LogP contribution in [0.3, 0.4) is 0 Å². The van der Waals surface area contributed by atoms with E-state index in [1.54, 1.807) is 6.07 Å². The third-order valence-electron chi connectivity index (χ3n) is 3.49. The molecule has 0 saturated heterocycles. The van der Waals surface area contributed by atoms with Crippen molar-refractivity contribution in [1.29, 1.82) is 0 Å². The van der Waals surface area contributed by atoms with Crippen LogP contribution in [-0.2, 0) is 0 Å². The molecule has 0 spiro atoms. The highest BCUT2D eigenvalue weighted by Crippen LogP contribution is 2.38. The van der Waals surface area contributed by atoms with Gasteiger partial charge >= 0.3 is 6.61 Å². The third-order valence-corrected chi connectivity index (χ3v) is 3.49. The summed E-state index contributed by atoms with van der Waals surface area (Å²) in [6.07, 6.45) is 3.17. The van der Waals surface area contributed by atoms with Gasteiger partial charge in [0.15, 0.2) is 11.6 Å². The topological polar surface area (TPSA) is 21.3 Å². The van der Waals surface area contributed by atoms with Crippen LogP contribution in [0.25, 0.3) is 0 Å². The fourth-order valence-electron chi connectivity index (χ4n) is 2.58. The average Bonchev–Trinajstić information content (AvgIpc) is 2.61. The van der Waals surface area contributed by atoms with Crippen LogP contribution in [0.2, 0.25) is 0 Å². The molecule has 1 aromatic rings. The van der Waals surface area contributed by atoms with E-state index >= 15 is 0 Å². The van der Waals surface area contributed by atoms with Gasteiger partial charge in [-0.2, -0.15) is 8.78 Å². The Hall–Kier alpha value is -1.39. The van der Waals surface area contributed by atoms with Gasteiger partial charge in [0, 0.05) is 17.8 Å². The van der Waals surface area contributed by atoms with Gasteiger partial charge in [0.05, 0.1) is 0 Å².